The first-order valence-corrected chi connectivity index (χ1v) is 20.1. The van der Waals surface area contributed by atoms with Crippen molar-refractivity contribution in [3.63, 3.8) is 0 Å². The molecule has 0 radical (unpaired) electrons. The van der Waals surface area contributed by atoms with Crippen molar-refractivity contribution in [2.45, 2.75) is 117 Å². The molecule has 0 aromatic heterocycles. The molecule has 5 fully saturated rings. The van der Waals surface area contributed by atoms with Gasteiger partial charge in [0, 0.05) is 24.6 Å². The minimum absolute atomic E-state index is 0.00936. The van der Waals surface area contributed by atoms with Crippen molar-refractivity contribution in [1.29, 1.82) is 0 Å². The van der Waals surface area contributed by atoms with Crippen molar-refractivity contribution >= 4 is 24.2 Å². The van der Waals surface area contributed by atoms with E-state index in [1.807, 2.05) is 7.11 Å². The van der Waals surface area contributed by atoms with Crippen LogP contribution in [0.2, 0.25) is 13.1 Å². The Bertz CT molecular complexity index is 921. The molecule has 0 aliphatic heterocycles. The third kappa shape index (κ3) is 4.91. The molecular weight excluding hydrogens is 568 g/mol. The van der Waals surface area contributed by atoms with Crippen LogP contribution in [0.3, 0.4) is 0 Å². The van der Waals surface area contributed by atoms with Crippen molar-refractivity contribution in [3.05, 3.63) is 11.6 Å². The van der Waals surface area contributed by atoms with Crippen LogP contribution in [-0.4, -0.2) is 52.6 Å². The van der Waals surface area contributed by atoms with Gasteiger partial charge in [-0.15, -0.1) is 0 Å². The fraction of sp³-hybridized carbons (Fsp3) is 0.939. The third-order valence-corrected chi connectivity index (χ3v) is 18.6. The Kier molecular flexibility index (Phi) is 8.73. The van der Waals surface area contributed by atoms with Crippen molar-refractivity contribution in [2.24, 2.45) is 51.8 Å². The van der Waals surface area contributed by atoms with E-state index in [0.717, 1.165) is 28.6 Å². The van der Waals surface area contributed by atoms with E-state index < -0.39 is 8.32 Å². The minimum atomic E-state index is -1.87. The van der Waals surface area contributed by atoms with Gasteiger partial charge in [-0.25, -0.2) is 0 Å². The molecule has 4 nitrogen and oxygen atoms in total. The largest absolute Gasteiger partial charge is 0.408 e. The topological polar surface area (TPSA) is 36.9 Å². The van der Waals surface area contributed by atoms with Crippen LogP contribution in [0.25, 0.3) is 0 Å². The van der Waals surface area contributed by atoms with Gasteiger partial charge in [-0.2, -0.15) is 0 Å². The van der Waals surface area contributed by atoms with Gasteiger partial charge in [0.2, 0.25) is 0 Å². The number of hydrogen-bond acceptors (Lipinski definition) is 4. The summed E-state index contributed by atoms with van der Waals surface area (Å²) in [5.41, 5.74) is 2.64. The maximum atomic E-state index is 6.92. The summed E-state index contributed by atoms with van der Waals surface area (Å²) in [6, 6.07) is 0. The number of hydrogen-bond donors (Lipinski definition) is 0. The molecule has 224 valence electrons. The number of methoxy groups -OCH3 is 2. The van der Waals surface area contributed by atoms with Gasteiger partial charge >= 0.3 is 0 Å². The van der Waals surface area contributed by atoms with Crippen LogP contribution in [0.5, 0.6) is 0 Å². The Morgan fingerprint density at radius 2 is 1.79 bits per heavy atom. The van der Waals surface area contributed by atoms with Gasteiger partial charge in [0.1, 0.15) is 6.79 Å². The highest BCUT2D eigenvalue weighted by atomic mass is 79.9. The van der Waals surface area contributed by atoms with Crippen LogP contribution in [0.1, 0.15) is 86.0 Å². The molecule has 1 spiro atoms. The lowest BCUT2D eigenvalue weighted by molar-refractivity contribution is -0.169. The fourth-order valence-corrected chi connectivity index (χ4v) is 12.7. The van der Waals surface area contributed by atoms with Gasteiger partial charge in [-0.3, -0.25) is 0 Å². The van der Waals surface area contributed by atoms with Crippen molar-refractivity contribution < 1.29 is 18.6 Å². The van der Waals surface area contributed by atoms with E-state index >= 15 is 0 Å². The zero-order valence-electron chi connectivity index (χ0n) is 26.4. The maximum Gasteiger partial charge on any atom is 0.198 e. The van der Waals surface area contributed by atoms with Gasteiger partial charge in [0.25, 0.3) is 0 Å². The maximum absolute atomic E-state index is 6.92. The first kappa shape index (κ1) is 30.7. The summed E-state index contributed by atoms with van der Waals surface area (Å²) >= 11 is 3.74. The predicted molar refractivity (Wildman–Crippen MR) is 165 cm³/mol. The van der Waals surface area contributed by atoms with Crippen molar-refractivity contribution in [3.8, 4) is 0 Å². The van der Waals surface area contributed by atoms with E-state index in [0.29, 0.717) is 41.0 Å². The third-order valence-electron chi connectivity index (χ3n) is 13.0. The fourth-order valence-electron chi connectivity index (χ4n) is 11.3. The summed E-state index contributed by atoms with van der Waals surface area (Å²) in [7, 11) is 1.87. The molecular formula is C33H57BrO4Si. The molecule has 0 heterocycles. The molecule has 0 bridgehead atoms. The minimum Gasteiger partial charge on any atom is -0.408 e. The van der Waals surface area contributed by atoms with Crippen LogP contribution in [-0.2, 0) is 18.6 Å². The molecule has 5 aliphatic rings. The lowest BCUT2D eigenvalue weighted by Crippen LogP contribution is -2.57. The summed E-state index contributed by atoms with van der Waals surface area (Å²) in [6.07, 6.45) is 13.8. The molecule has 0 amide bonds. The quantitative estimate of drug-likeness (QED) is 0.100. The molecule has 5 saturated carbocycles. The molecule has 39 heavy (non-hydrogen) atoms. The molecule has 5 rings (SSSR count). The Morgan fingerprint density at radius 3 is 2.41 bits per heavy atom. The standard InChI is InChI=1S/C33H57BrO4Si/c1-21(2)16-28(38-39(8,9)19-34)30(37-20-35-6)22(3)25-10-11-26-24-17-29(36-7)33-18-23(33)12-15-32(33,5)27(24)13-14-31(25,26)4/h16,22-30H,10-15,17-20H2,1-9H3/t22-,23+,24-,25+,26-,27-,28+,29+,30+,31+,32+,33-/m0/s1. The van der Waals surface area contributed by atoms with Crippen LogP contribution >= 0.6 is 15.9 Å². The average Bonchev–Trinajstić information content (AvgIpc) is 3.39. The first-order valence-electron chi connectivity index (χ1n) is 15.9. The second-order valence-electron chi connectivity index (χ2n) is 15.6. The van der Waals surface area contributed by atoms with Gasteiger partial charge in [-0.1, -0.05) is 48.4 Å². The van der Waals surface area contributed by atoms with E-state index in [1.165, 1.54) is 56.9 Å². The molecule has 0 aromatic carbocycles. The number of rotatable bonds is 11. The van der Waals surface area contributed by atoms with E-state index in [1.54, 1.807) is 7.11 Å². The van der Waals surface area contributed by atoms with E-state index in [9.17, 15) is 0 Å². The number of allylic oxidation sites excluding steroid dienone is 1. The normalized spacial score (nSPS) is 45.0. The summed E-state index contributed by atoms with van der Waals surface area (Å²) in [6.45, 7) is 17.1. The molecule has 0 unspecified atom stereocenters. The molecule has 12 atom stereocenters. The highest BCUT2D eigenvalue weighted by molar-refractivity contribution is 9.09. The Hall–Kier alpha value is 0.277. The summed E-state index contributed by atoms with van der Waals surface area (Å²) in [5, 5.41) is 0. The van der Waals surface area contributed by atoms with Gasteiger partial charge < -0.3 is 18.6 Å². The smallest absolute Gasteiger partial charge is 0.198 e. The molecule has 0 aromatic rings. The molecule has 6 heteroatoms. The van der Waals surface area contributed by atoms with Crippen LogP contribution in [0.4, 0.5) is 0 Å². The number of fused-ring (bicyclic) bond motifs is 4. The average molecular weight is 626 g/mol. The van der Waals surface area contributed by atoms with Gasteiger partial charge in [0.05, 0.1) is 18.3 Å². The van der Waals surface area contributed by atoms with Gasteiger partial charge in [-0.05, 0) is 125 Å². The first-order chi connectivity index (χ1) is 18.4. The number of ether oxygens (including phenoxy) is 3. The number of halogens is 1. The Morgan fingerprint density at radius 1 is 1.05 bits per heavy atom. The van der Waals surface area contributed by atoms with E-state index in [-0.39, 0.29) is 12.2 Å². The van der Waals surface area contributed by atoms with Crippen LogP contribution < -0.4 is 0 Å². The molecule has 0 N–H and O–H groups in total. The molecule has 0 saturated heterocycles. The SMILES string of the molecule is COCO[C@H]([C@@H](C)[C@H]1CC[C@H]2[C@@H]3C[C@@H](OC)[C@]45C[C@H]4CC[C@]5(C)[C@H]3CC[C@]12C)[C@@H](C=C(C)C)O[Si](C)(C)CBr. The zero-order chi connectivity index (χ0) is 28.4. The number of alkyl halides is 1. The van der Waals surface area contributed by atoms with Crippen LogP contribution in [0.15, 0.2) is 11.6 Å². The highest BCUT2D eigenvalue weighted by Gasteiger charge is 2.77. The van der Waals surface area contributed by atoms with E-state index in [2.05, 4.69) is 69.7 Å². The summed E-state index contributed by atoms with van der Waals surface area (Å²) in [5.74, 6) is 4.47. The van der Waals surface area contributed by atoms with Crippen molar-refractivity contribution in [2.75, 3.05) is 26.0 Å². The second-order valence-corrected chi connectivity index (χ2v) is 21.3. The summed E-state index contributed by atoms with van der Waals surface area (Å²) < 4.78 is 25.3. The monoisotopic (exact) mass is 624 g/mol. The van der Waals surface area contributed by atoms with Crippen LogP contribution in [0, 0.1) is 51.8 Å². The molecule has 5 aliphatic carbocycles. The van der Waals surface area contributed by atoms with Crippen molar-refractivity contribution in [1.82, 2.24) is 0 Å². The van der Waals surface area contributed by atoms with Gasteiger partial charge in [0.15, 0.2) is 8.32 Å². The lowest BCUT2D eigenvalue weighted by atomic mass is 9.45. The predicted octanol–water partition coefficient (Wildman–Crippen LogP) is 8.39. The second kappa shape index (κ2) is 11.1. The zero-order valence-corrected chi connectivity index (χ0v) is 28.9. The van der Waals surface area contributed by atoms with E-state index in [4.69, 9.17) is 18.6 Å². The Labute approximate surface area is 249 Å². The highest BCUT2D eigenvalue weighted by Crippen LogP contribution is 2.82. The lowest BCUT2D eigenvalue weighted by Gasteiger charge is -2.61. The summed E-state index contributed by atoms with van der Waals surface area (Å²) in [4.78, 5) is 0.923. The Balaban J connectivity index is 1.41.